The Morgan fingerprint density at radius 2 is 1.68 bits per heavy atom. The van der Waals surface area contributed by atoms with Crippen LogP contribution >= 0.6 is 0 Å². The lowest BCUT2D eigenvalue weighted by Crippen LogP contribution is -2.30. The van der Waals surface area contributed by atoms with Crippen LogP contribution in [0.1, 0.15) is 24.5 Å². The SMILES string of the molecule is CC(CC(=O)Nc1ccccc1)NCc1ccccc1CO. The van der Waals surface area contributed by atoms with E-state index in [1.54, 1.807) is 0 Å². The van der Waals surface area contributed by atoms with Gasteiger partial charge in [0.2, 0.25) is 5.91 Å². The second-order valence-corrected chi connectivity index (χ2v) is 5.33. The Morgan fingerprint density at radius 3 is 2.36 bits per heavy atom. The predicted molar refractivity (Wildman–Crippen MR) is 88.4 cm³/mol. The molecule has 0 spiro atoms. The van der Waals surface area contributed by atoms with Crippen LogP contribution in [-0.2, 0) is 17.9 Å². The van der Waals surface area contributed by atoms with Gasteiger partial charge in [-0.3, -0.25) is 4.79 Å². The van der Waals surface area contributed by atoms with E-state index < -0.39 is 0 Å². The molecule has 22 heavy (non-hydrogen) atoms. The molecule has 0 aromatic heterocycles. The topological polar surface area (TPSA) is 61.4 Å². The van der Waals surface area contributed by atoms with Crippen LogP contribution in [0, 0.1) is 0 Å². The van der Waals surface area contributed by atoms with Gasteiger partial charge in [-0.15, -0.1) is 0 Å². The van der Waals surface area contributed by atoms with Crippen LogP contribution < -0.4 is 10.6 Å². The molecule has 0 aliphatic heterocycles. The number of nitrogens with one attached hydrogen (secondary N) is 2. The van der Waals surface area contributed by atoms with E-state index in [1.807, 2.05) is 61.5 Å². The van der Waals surface area contributed by atoms with Gasteiger partial charge in [-0.2, -0.15) is 0 Å². The van der Waals surface area contributed by atoms with Crippen LogP contribution in [-0.4, -0.2) is 17.1 Å². The molecule has 3 N–H and O–H groups in total. The summed E-state index contributed by atoms with van der Waals surface area (Å²) >= 11 is 0. The van der Waals surface area contributed by atoms with Crippen molar-refractivity contribution in [1.29, 1.82) is 0 Å². The monoisotopic (exact) mass is 298 g/mol. The molecule has 0 radical (unpaired) electrons. The Kier molecular flexibility index (Phi) is 6.13. The van der Waals surface area contributed by atoms with E-state index in [1.165, 1.54) is 0 Å². The van der Waals surface area contributed by atoms with Crippen LogP contribution in [0.2, 0.25) is 0 Å². The molecule has 0 fully saturated rings. The van der Waals surface area contributed by atoms with Crippen molar-refractivity contribution in [2.24, 2.45) is 0 Å². The first-order chi connectivity index (χ1) is 10.7. The molecular weight excluding hydrogens is 276 g/mol. The van der Waals surface area contributed by atoms with E-state index >= 15 is 0 Å². The summed E-state index contributed by atoms with van der Waals surface area (Å²) in [6.45, 7) is 2.64. The summed E-state index contributed by atoms with van der Waals surface area (Å²) in [6.07, 6.45) is 0.399. The van der Waals surface area contributed by atoms with Gasteiger partial charge in [-0.1, -0.05) is 42.5 Å². The molecule has 0 bridgehead atoms. The van der Waals surface area contributed by atoms with E-state index in [0.29, 0.717) is 13.0 Å². The van der Waals surface area contributed by atoms with E-state index in [2.05, 4.69) is 10.6 Å². The fourth-order valence-electron chi connectivity index (χ4n) is 2.25. The maximum atomic E-state index is 12.0. The largest absolute Gasteiger partial charge is 0.392 e. The number of hydrogen-bond donors (Lipinski definition) is 3. The standard InChI is InChI=1S/C18H22N2O2/c1-14(11-18(22)20-17-9-3-2-4-10-17)19-12-15-7-5-6-8-16(15)13-21/h2-10,14,19,21H,11-13H2,1H3,(H,20,22). The summed E-state index contributed by atoms with van der Waals surface area (Å²) < 4.78 is 0. The Hall–Kier alpha value is -2.17. The number of aliphatic hydroxyl groups is 1. The van der Waals surface area contributed by atoms with E-state index in [4.69, 9.17) is 0 Å². The molecule has 1 amide bonds. The van der Waals surface area contributed by atoms with Crippen LogP contribution in [0.3, 0.4) is 0 Å². The summed E-state index contributed by atoms with van der Waals surface area (Å²) in [5.74, 6) is -0.0124. The average Bonchev–Trinajstić information content (AvgIpc) is 2.54. The zero-order chi connectivity index (χ0) is 15.8. The minimum Gasteiger partial charge on any atom is -0.392 e. The molecule has 0 aliphatic rings. The average molecular weight is 298 g/mol. The van der Waals surface area contributed by atoms with Gasteiger partial charge >= 0.3 is 0 Å². The normalized spacial score (nSPS) is 11.9. The molecule has 2 aromatic carbocycles. The summed E-state index contributed by atoms with van der Waals surface area (Å²) in [7, 11) is 0. The highest BCUT2D eigenvalue weighted by atomic mass is 16.3. The maximum Gasteiger partial charge on any atom is 0.225 e. The molecule has 0 heterocycles. The predicted octanol–water partition coefficient (Wildman–Crippen LogP) is 2.69. The summed E-state index contributed by atoms with van der Waals surface area (Å²) in [5, 5.41) is 15.5. The minimum absolute atomic E-state index is 0.0124. The molecule has 4 nitrogen and oxygen atoms in total. The molecule has 0 saturated heterocycles. The number of carbonyl (C=O) groups excluding carboxylic acids is 1. The van der Waals surface area contributed by atoms with Crippen molar-refractivity contribution in [2.45, 2.75) is 32.5 Å². The molecule has 1 unspecified atom stereocenters. The first-order valence-corrected chi connectivity index (χ1v) is 7.45. The van der Waals surface area contributed by atoms with Crippen LogP contribution in [0.5, 0.6) is 0 Å². The van der Waals surface area contributed by atoms with Gasteiger partial charge in [0.15, 0.2) is 0 Å². The summed E-state index contributed by atoms with van der Waals surface area (Å²) in [5.41, 5.74) is 2.78. The zero-order valence-electron chi connectivity index (χ0n) is 12.8. The van der Waals surface area contributed by atoms with Gasteiger partial charge < -0.3 is 15.7 Å². The molecule has 2 aromatic rings. The van der Waals surface area contributed by atoms with Gasteiger partial charge in [-0.05, 0) is 30.2 Å². The fraction of sp³-hybridized carbons (Fsp3) is 0.278. The highest BCUT2D eigenvalue weighted by Gasteiger charge is 2.09. The lowest BCUT2D eigenvalue weighted by Gasteiger charge is -2.15. The number of carbonyl (C=O) groups is 1. The van der Waals surface area contributed by atoms with E-state index in [0.717, 1.165) is 16.8 Å². The van der Waals surface area contributed by atoms with E-state index in [9.17, 15) is 9.90 Å². The van der Waals surface area contributed by atoms with Crippen LogP contribution in [0.25, 0.3) is 0 Å². The Balaban J connectivity index is 1.80. The lowest BCUT2D eigenvalue weighted by atomic mass is 10.1. The minimum atomic E-state index is -0.0124. The highest BCUT2D eigenvalue weighted by molar-refractivity contribution is 5.90. The van der Waals surface area contributed by atoms with E-state index in [-0.39, 0.29) is 18.6 Å². The van der Waals surface area contributed by atoms with Crippen molar-refractivity contribution in [2.75, 3.05) is 5.32 Å². The molecule has 4 heteroatoms. The molecule has 116 valence electrons. The van der Waals surface area contributed by atoms with Crippen molar-refractivity contribution in [3.05, 3.63) is 65.7 Å². The van der Waals surface area contributed by atoms with Gasteiger partial charge in [0.1, 0.15) is 0 Å². The first-order valence-electron chi connectivity index (χ1n) is 7.45. The van der Waals surface area contributed by atoms with Crippen LogP contribution in [0.4, 0.5) is 5.69 Å². The van der Waals surface area contributed by atoms with Gasteiger partial charge in [0.05, 0.1) is 6.61 Å². The van der Waals surface area contributed by atoms with Gasteiger partial charge in [-0.25, -0.2) is 0 Å². The second kappa shape index (κ2) is 8.32. The second-order valence-electron chi connectivity index (χ2n) is 5.33. The number of anilines is 1. The Morgan fingerprint density at radius 1 is 1.05 bits per heavy atom. The number of amides is 1. The van der Waals surface area contributed by atoms with Crippen molar-refractivity contribution in [3.8, 4) is 0 Å². The molecule has 0 saturated carbocycles. The number of para-hydroxylation sites is 1. The van der Waals surface area contributed by atoms with Gasteiger partial charge in [0.25, 0.3) is 0 Å². The fourth-order valence-corrected chi connectivity index (χ4v) is 2.25. The number of aliphatic hydroxyl groups excluding tert-OH is 1. The molecule has 1 atom stereocenters. The molecule has 2 rings (SSSR count). The lowest BCUT2D eigenvalue weighted by molar-refractivity contribution is -0.116. The Labute approximate surface area is 131 Å². The van der Waals surface area contributed by atoms with Gasteiger partial charge in [0, 0.05) is 24.7 Å². The third kappa shape index (κ3) is 4.98. The quantitative estimate of drug-likeness (QED) is 0.736. The third-order valence-electron chi connectivity index (χ3n) is 3.48. The van der Waals surface area contributed by atoms with Crippen molar-refractivity contribution in [3.63, 3.8) is 0 Å². The third-order valence-corrected chi connectivity index (χ3v) is 3.48. The van der Waals surface area contributed by atoms with Crippen molar-refractivity contribution >= 4 is 11.6 Å². The Bertz CT molecular complexity index is 599. The van der Waals surface area contributed by atoms with Crippen LogP contribution in [0.15, 0.2) is 54.6 Å². The maximum absolute atomic E-state index is 12.0. The summed E-state index contributed by atoms with van der Waals surface area (Å²) in [4.78, 5) is 12.0. The van der Waals surface area contributed by atoms with Crippen molar-refractivity contribution in [1.82, 2.24) is 5.32 Å². The number of rotatable bonds is 7. The number of hydrogen-bond acceptors (Lipinski definition) is 3. The molecule has 0 aliphatic carbocycles. The zero-order valence-corrected chi connectivity index (χ0v) is 12.8. The van der Waals surface area contributed by atoms with Crippen molar-refractivity contribution < 1.29 is 9.90 Å². The highest BCUT2D eigenvalue weighted by Crippen LogP contribution is 2.10. The number of benzene rings is 2. The first kappa shape index (κ1) is 16.2. The smallest absolute Gasteiger partial charge is 0.225 e. The molecular formula is C18H22N2O2. The summed E-state index contributed by atoms with van der Waals surface area (Å²) in [6, 6.07) is 17.2.